The number of hydrogen-bond acceptors (Lipinski definition) is 3. The molecule has 0 spiro atoms. The lowest BCUT2D eigenvalue weighted by Crippen LogP contribution is -2.07. The molecule has 3 aromatic rings. The molecule has 4 nitrogen and oxygen atoms in total. The smallest absolute Gasteiger partial charge is 0.364 e. The van der Waals surface area contributed by atoms with Gasteiger partial charge >= 0.3 is 6.18 Å². The summed E-state index contributed by atoms with van der Waals surface area (Å²) in [6, 6.07) is 9.65. The Kier molecular flexibility index (Phi) is 4.29. The number of halogens is 3. The summed E-state index contributed by atoms with van der Waals surface area (Å²) in [6.07, 6.45) is -3.76. The second-order valence-electron chi connectivity index (χ2n) is 5.46. The summed E-state index contributed by atoms with van der Waals surface area (Å²) in [5, 5.41) is 10.6. The van der Waals surface area contributed by atoms with Crippen molar-refractivity contribution in [1.29, 1.82) is 0 Å². The van der Waals surface area contributed by atoms with Crippen molar-refractivity contribution in [3.05, 3.63) is 65.1 Å². The molecule has 2 N–H and O–H groups in total. The third-order valence-electron chi connectivity index (χ3n) is 3.72. The van der Waals surface area contributed by atoms with Gasteiger partial charge in [-0.1, -0.05) is 12.1 Å². The number of alkyl halides is 3. The Hall–Kier alpha value is -2.38. The van der Waals surface area contributed by atoms with Crippen molar-refractivity contribution in [2.24, 2.45) is 0 Å². The summed E-state index contributed by atoms with van der Waals surface area (Å²) in [5.41, 5.74) is 2.12. The van der Waals surface area contributed by atoms with Gasteiger partial charge in [0.1, 0.15) is 5.69 Å². The van der Waals surface area contributed by atoms with Crippen LogP contribution < -0.4 is 0 Å². The van der Waals surface area contributed by atoms with E-state index in [9.17, 15) is 18.3 Å². The molecule has 0 aliphatic heterocycles. The van der Waals surface area contributed by atoms with Crippen molar-refractivity contribution in [1.82, 2.24) is 9.97 Å². The minimum absolute atomic E-state index is 0.433. The summed E-state index contributed by atoms with van der Waals surface area (Å²) < 4.78 is 42.4. The van der Waals surface area contributed by atoms with Gasteiger partial charge in [-0.3, -0.25) is 4.98 Å². The topological polar surface area (TPSA) is 58.1 Å². The second-order valence-corrected chi connectivity index (χ2v) is 5.46. The number of hydrogen-bond donors (Lipinski definition) is 2. The van der Waals surface area contributed by atoms with Crippen molar-refractivity contribution < 1.29 is 23.0 Å². The fourth-order valence-electron chi connectivity index (χ4n) is 2.51. The maximum absolute atomic E-state index is 12.5. The Bertz CT molecular complexity index is 841. The number of benzene rings is 1. The molecular formula is C17H15F3N2O2. The van der Waals surface area contributed by atoms with Gasteiger partial charge in [-0.25, -0.2) is 0 Å². The van der Waals surface area contributed by atoms with Crippen molar-refractivity contribution in [3.8, 4) is 0 Å². The number of fused-ring (bicyclic) bond motifs is 1. The molecular weight excluding hydrogens is 321 g/mol. The molecule has 0 saturated heterocycles. The molecule has 0 aliphatic rings. The highest BCUT2D eigenvalue weighted by molar-refractivity contribution is 5.81. The molecule has 0 fully saturated rings. The van der Waals surface area contributed by atoms with Crippen molar-refractivity contribution >= 4 is 10.9 Å². The molecule has 0 radical (unpaired) electrons. The van der Waals surface area contributed by atoms with Crippen molar-refractivity contribution in [2.75, 3.05) is 7.11 Å². The third-order valence-corrected chi connectivity index (χ3v) is 3.72. The monoisotopic (exact) mass is 336 g/mol. The predicted molar refractivity (Wildman–Crippen MR) is 82.3 cm³/mol. The molecule has 0 bridgehead atoms. The van der Waals surface area contributed by atoms with Crippen LogP contribution in [0.1, 0.15) is 28.8 Å². The highest BCUT2D eigenvalue weighted by atomic mass is 19.4. The first kappa shape index (κ1) is 16.5. The zero-order chi connectivity index (χ0) is 17.3. The van der Waals surface area contributed by atoms with Crippen LogP contribution in [0.3, 0.4) is 0 Å². The number of H-pyrrole nitrogens is 1. The third kappa shape index (κ3) is 3.42. The second kappa shape index (κ2) is 6.26. The van der Waals surface area contributed by atoms with Crippen LogP contribution in [0.25, 0.3) is 10.9 Å². The fourth-order valence-corrected chi connectivity index (χ4v) is 2.51. The van der Waals surface area contributed by atoms with Crippen molar-refractivity contribution in [3.63, 3.8) is 0 Å². The van der Waals surface area contributed by atoms with Crippen LogP contribution in [0.5, 0.6) is 0 Å². The maximum atomic E-state index is 12.5. The van der Waals surface area contributed by atoms with E-state index in [4.69, 9.17) is 4.74 Å². The summed E-state index contributed by atoms with van der Waals surface area (Å²) in [6.45, 7) is 0. The number of methoxy groups -OCH3 is 1. The average Bonchev–Trinajstić information content (AvgIpc) is 2.95. The molecule has 0 saturated carbocycles. The van der Waals surface area contributed by atoms with E-state index in [1.807, 2.05) is 12.1 Å². The Morgan fingerprint density at radius 3 is 2.62 bits per heavy atom. The number of rotatable bonds is 4. The molecule has 2 aromatic heterocycles. The molecule has 126 valence electrons. The van der Waals surface area contributed by atoms with E-state index in [0.717, 1.165) is 22.7 Å². The lowest BCUT2D eigenvalue weighted by molar-refractivity contribution is -0.141. The average molecular weight is 336 g/mol. The molecule has 1 aromatic carbocycles. The van der Waals surface area contributed by atoms with Crippen molar-refractivity contribution in [2.45, 2.75) is 18.9 Å². The summed E-state index contributed by atoms with van der Waals surface area (Å²) in [5.74, 6) is 0. The van der Waals surface area contributed by atoms with Gasteiger partial charge in [0, 0.05) is 41.9 Å². The van der Waals surface area contributed by atoms with E-state index in [1.54, 1.807) is 12.1 Å². The van der Waals surface area contributed by atoms with Gasteiger partial charge in [0.15, 0.2) is 6.29 Å². The Morgan fingerprint density at radius 1 is 1.21 bits per heavy atom. The van der Waals surface area contributed by atoms with Crippen LogP contribution in [0.4, 0.5) is 13.2 Å². The fraction of sp³-hybridized carbons (Fsp3) is 0.235. The number of ether oxygens (including phenoxy) is 1. The Balaban J connectivity index is 1.82. The first-order valence-corrected chi connectivity index (χ1v) is 7.21. The van der Waals surface area contributed by atoms with Crippen LogP contribution in [0.15, 0.2) is 42.6 Å². The number of nitrogens with zero attached hydrogens (tertiary/aromatic N) is 1. The zero-order valence-electron chi connectivity index (χ0n) is 12.8. The van der Waals surface area contributed by atoms with Gasteiger partial charge in [-0.05, 0) is 29.8 Å². The highest BCUT2D eigenvalue weighted by Gasteiger charge is 2.31. The predicted octanol–water partition coefficient (Wildman–Crippen LogP) is 3.81. The quantitative estimate of drug-likeness (QED) is 0.712. The van der Waals surface area contributed by atoms with Gasteiger partial charge in [-0.15, -0.1) is 0 Å². The highest BCUT2D eigenvalue weighted by Crippen LogP contribution is 2.28. The summed E-state index contributed by atoms with van der Waals surface area (Å²) in [4.78, 5) is 6.66. The molecule has 7 heteroatoms. The largest absolute Gasteiger partial charge is 0.433 e. The van der Waals surface area contributed by atoms with E-state index in [2.05, 4.69) is 9.97 Å². The minimum Gasteiger partial charge on any atom is -0.364 e. The lowest BCUT2D eigenvalue weighted by atomic mass is 10.1. The number of aromatic nitrogens is 2. The molecule has 0 aliphatic carbocycles. The molecule has 3 rings (SSSR count). The molecule has 0 amide bonds. The summed E-state index contributed by atoms with van der Waals surface area (Å²) in [7, 11) is 1.41. The van der Waals surface area contributed by atoms with E-state index in [-0.39, 0.29) is 0 Å². The molecule has 2 heterocycles. The lowest BCUT2D eigenvalue weighted by Gasteiger charge is -2.07. The number of pyridine rings is 1. The SMILES string of the molecule is COC(O)c1ccc2[nH]c(Cc3ccc(C(F)(F)F)nc3)cc2c1. The first-order chi connectivity index (χ1) is 11.4. The van der Waals surface area contributed by atoms with E-state index in [1.165, 1.54) is 19.4 Å². The summed E-state index contributed by atoms with van der Waals surface area (Å²) >= 11 is 0. The molecule has 1 atom stereocenters. The first-order valence-electron chi connectivity index (χ1n) is 7.21. The Morgan fingerprint density at radius 2 is 2.00 bits per heavy atom. The van der Waals surface area contributed by atoms with Gasteiger partial charge in [0.05, 0.1) is 0 Å². The van der Waals surface area contributed by atoms with Crippen LogP contribution in [-0.2, 0) is 17.3 Å². The Labute approximate surface area is 135 Å². The maximum Gasteiger partial charge on any atom is 0.433 e. The van der Waals surface area contributed by atoms with E-state index in [0.29, 0.717) is 17.5 Å². The zero-order valence-corrected chi connectivity index (χ0v) is 12.8. The van der Waals surface area contributed by atoms with Crippen LogP contribution >= 0.6 is 0 Å². The van der Waals surface area contributed by atoms with E-state index >= 15 is 0 Å². The van der Waals surface area contributed by atoms with Gasteiger partial charge in [0.2, 0.25) is 0 Å². The van der Waals surface area contributed by atoms with E-state index < -0.39 is 18.2 Å². The van der Waals surface area contributed by atoms with Gasteiger partial charge in [-0.2, -0.15) is 13.2 Å². The van der Waals surface area contributed by atoms with Crippen LogP contribution in [-0.4, -0.2) is 22.2 Å². The normalized spacial score (nSPS) is 13.4. The minimum atomic E-state index is -4.43. The number of aromatic amines is 1. The van der Waals surface area contributed by atoms with Gasteiger partial charge < -0.3 is 14.8 Å². The number of aliphatic hydroxyl groups is 1. The molecule has 1 unspecified atom stereocenters. The standard InChI is InChI=1S/C17H15F3N2O2/c1-24-16(23)11-3-4-14-12(7-11)8-13(22-14)6-10-2-5-15(21-9-10)17(18,19)20/h2-5,7-9,16,22-23H,6H2,1H3. The van der Waals surface area contributed by atoms with Crippen LogP contribution in [0.2, 0.25) is 0 Å². The number of aliphatic hydroxyl groups excluding tert-OH is 1. The number of nitrogens with one attached hydrogen (secondary N) is 1. The van der Waals surface area contributed by atoms with Crippen LogP contribution in [0, 0.1) is 0 Å². The van der Waals surface area contributed by atoms with Gasteiger partial charge in [0.25, 0.3) is 0 Å². The molecule has 24 heavy (non-hydrogen) atoms.